The summed E-state index contributed by atoms with van der Waals surface area (Å²) in [5, 5.41) is 7.78. The van der Waals surface area contributed by atoms with Gasteiger partial charge in [-0.15, -0.1) is 11.3 Å². The first-order valence-corrected chi connectivity index (χ1v) is 11.1. The number of hydrogen-bond acceptors (Lipinski definition) is 4. The molecule has 2 heterocycles. The topological polar surface area (TPSA) is 78.5 Å². The predicted octanol–water partition coefficient (Wildman–Crippen LogP) is 4.71. The average molecular weight is 454 g/mol. The van der Waals surface area contributed by atoms with E-state index >= 15 is 0 Å². The molecule has 2 aromatic carbocycles. The lowest BCUT2D eigenvalue weighted by atomic mass is 10.1. The standard InChI is InChI=1S/C23H20ClN3O3S/c24-18-10-7-16(13-19(18)26-23(30)20-3-2-12-31-20)22(29)25-14-15-5-8-17(9-6-15)27-11-1-4-21(27)28/h2-3,5-10,12-13H,1,4,11,14H2,(H,25,29)(H,26,30). The van der Waals surface area contributed by atoms with Gasteiger partial charge in [0, 0.05) is 30.8 Å². The molecule has 2 N–H and O–H groups in total. The monoisotopic (exact) mass is 453 g/mol. The molecule has 1 saturated heterocycles. The minimum atomic E-state index is -0.276. The largest absolute Gasteiger partial charge is 0.348 e. The molecule has 6 nitrogen and oxygen atoms in total. The minimum absolute atomic E-state index is 0.144. The van der Waals surface area contributed by atoms with Gasteiger partial charge < -0.3 is 15.5 Å². The van der Waals surface area contributed by atoms with Crippen LogP contribution in [0.15, 0.2) is 60.0 Å². The molecule has 1 aliphatic rings. The molecular weight excluding hydrogens is 434 g/mol. The maximum absolute atomic E-state index is 12.6. The average Bonchev–Trinajstić information content (AvgIpc) is 3.46. The summed E-state index contributed by atoms with van der Waals surface area (Å²) in [5.74, 6) is -0.404. The van der Waals surface area contributed by atoms with E-state index in [0.29, 0.717) is 34.1 Å². The van der Waals surface area contributed by atoms with Gasteiger partial charge in [0.2, 0.25) is 5.91 Å². The van der Waals surface area contributed by atoms with Crippen LogP contribution < -0.4 is 15.5 Å². The van der Waals surface area contributed by atoms with Gasteiger partial charge in [-0.2, -0.15) is 0 Å². The van der Waals surface area contributed by atoms with Crippen molar-refractivity contribution in [2.45, 2.75) is 19.4 Å². The van der Waals surface area contributed by atoms with Crippen molar-refractivity contribution in [1.82, 2.24) is 5.32 Å². The summed E-state index contributed by atoms with van der Waals surface area (Å²) in [4.78, 5) is 39.1. The van der Waals surface area contributed by atoms with Crippen molar-refractivity contribution in [3.63, 3.8) is 0 Å². The molecule has 3 aromatic rings. The molecule has 0 aliphatic carbocycles. The van der Waals surface area contributed by atoms with Gasteiger partial charge in [-0.25, -0.2) is 0 Å². The van der Waals surface area contributed by atoms with Crippen LogP contribution in [0.2, 0.25) is 5.02 Å². The lowest BCUT2D eigenvalue weighted by Gasteiger charge is -2.16. The fourth-order valence-corrected chi connectivity index (χ4v) is 4.14. The van der Waals surface area contributed by atoms with Gasteiger partial charge in [0.25, 0.3) is 11.8 Å². The minimum Gasteiger partial charge on any atom is -0.348 e. The van der Waals surface area contributed by atoms with Crippen LogP contribution in [0.3, 0.4) is 0 Å². The number of halogens is 1. The fourth-order valence-electron chi connectivity index (χ4n) is 3.35. The Balaban J connectivity index is 1.38. The third kappa shape index (κ3) is 4.95. The molecule has 0 atom stereocenters. The van der Waals surface area contributed by atoms with Gasteiger partial charge in [0.1, 0.15) is 0 Å². The van der Waals surface area contributed by atoms with Gasteiger partial charge in [-0.1, -0.05) is 29.8 Å². The van der Waals surface area contributed by atoms with Crippen LogP contribution in [0.1, 0.15) is 38.4 Å². The van der Waals surface area contributed by atoms with E-state index < -0.39 is 0 Å². The highest BCUT2D eigenvalue weighted by atomic mass is 35.5. The Morgan fingerprint density at radius 3 is 2.55 bits per heavy atom. The van der Waals surface area contributed by atoms with Gasteiger partial charge in [0.15, 0.2) is 0 Å². The van der Waals surface area contributed by atoms with Crippen LogP contribution in [-0.2, 0) is 11.3 Å². The van der Waals surface area contributed by atoms with Crippen molar-refractivity contribution in [2.75, 3.05) is 16.8 Å². The normalized spacial score (nSPS) is 13.3. The highest BCUT2D eigenvalue weighted by Crippen LogP contribution is 2.25. The molecular formula is C23H20ClN3O3S. The van der Waals surface area contributed by atoms with E-state index in [0.717, 1.165) is 24.2 Å². The third-order valence-corrected chi connectivity index (χ3v) is 6.19. The predicted molar refractivity (Wildman–Crippen MR) is 123 cm³/mol. The van der Waals surface area contributed by atoms with Crippen molar-refractivity contribution >= 4 is 52.0 Å². The molecule has 0 unspecified atom stereocenters. The van der Waals surface area contributed by atoms with E-state index in [1.165, 1.54) is 11.3 Å². The van der Waals surface area contributed by atoms with Crippen molar-refractivity contribution < 1.29 is 14.4 Å². The highest BCUT2D eigenvalue weighted by Gasteiger charge is 2.21. The summed E-state index contributed by atoms with van der Waals surface area (Å²) in [6.45, 7) is 1.09. The van der Waals surface area contributed by atoms with Crippen molar-refractivity contribution in [3.8, 4) is 0 Å². The van der Waals surface area contributed by atoms with E-state index in [-0.39, 0.29) is 17.7 Å². The zero-order valence-corrected chi connectivity index (χ0v) is 18.1. The first-order valence-electron chi connectivity index (χ1n) is 9.83. The maximum Gasteiger partial charge on any atom is 0.265 e. The van der Waals surface area contributed by atoms with Crippen LogP contribution in [0, 0.1) is 0 Å². The van der Waals surface area contributed by atoms with E-state index in [1.54, 1.807) is 35.2 Å². The van der Waals surface area contributed by atoms with Crippen LogP contribution in [0.5, 0.6) is 0 Å². The second-order valence-electron chi connectivity index (χ2n) is 7.12. The number of nitrogens with one attached hydrogen (secondary N) is 2. The molecule has 0 radical (unpaired) electrons. The molecule has 1 aromatic heterocycles. The van der Waals surface area contributed by atoms with Crippen molar-refractivity contribution in [1.29, 1.82) is 0 Å². The van der Waals surface area contributed by atoms with E-state index in [9.17, 15) is 14.4 Å². The molecule has 0 bridgehead atoms. The van der Waals surface area contributed by atoms with Gasteiger partial charge in [0.05, 0.1) is 15.6 Å². The number of nitrogens with zero attached hydrogens (tertiary/aromatic N) is 1. The van der Waals surface area contributed by atoms with Crippen molar-refractivity contribution in [3.05, 3.63) is 81.0 Å². The van der Waals surface area contributed by atoms with Crippen LogP contribution in [0.25, 0.3) is 0 Å². The summed E-state index contributed by atoms with van der Waals surface area (Å²) < 4.78 is 0. The summed E-state index contributed by atoms with van der Waals surface area (Å²) in [7, 11) is 0. The second kappa shape index (κ2) is 9.32. The molecule has 8 heteroatoms. The van der Waals surface area contributed by atoms with Gasteiger partial charge in [-0.05, 0) is 53.8 Å². The molecule has 1 aliphatic heterocycles. The number of hydrogen-bond donors (Lipinski definition) is 2. The third-order valence-electron chi connectivity index (χ3n) is 5.00. The van der Waals surface area contributed by atoms with E-state index in [1.807, 2.05) is 29.6 Å². The molecule has 0 saturated carbocycles. The Morgan fingerprint density at radius 1 is 1.06 bits per heavy atom. The Morgan fingerprint density at radius 2 is 1.87 bits per heavy atom. The quantitative estimate of drug-likeness (QED) is 0.567. The maximum atomic E-state index is 12.6. The van der Waals surface area contributed by atoms with Crippen LogP contribution >= 0.6 is 22.9 Å². The molecule has 158 valence electrons. The Bertz CT molecular complexity index is 1110. The molecule has 0 spiro atoms. The zero-order valence-electron chi connectivity index (χ0n) is 16.6. The summed E-state index contributed by atoms with van der Waals surface area (Å²) in [5.41, 5.74) is 2.57. The fraction of sp³-hybridized carbons (Fsp3) is 0.174. The first-order chi connectivity index (χ1) is 15.0. The summed E-state index contributed by atoms with van der Waals surface area (Å²) >= 11 is 7.51. The van der Waals surface area contributed by atoms with Crippen molar-refractivity contribution in [2.24, 2.45) is 0 Å². The number of amides is 3. The van der Waals surface area contributed by atoms with Crippen LogP contribution in [0.4, 0.5) is 11.4 Å². The molecule has 4 rings (SSSR count). The van der Waals surface area contributed by atoms with Gasteiger partial charge >= 0.3 is 0 Å². The number of thiophene rings is 1. The van der Waals surface area contributed by atoms with E-state index in [2.05, 4.69) is 10.6 Å². The van der Waals surface area contributed by atoms with Crippen LogP contribution in [-0.4, -0.2) is 24.3 Å². The number of rotatable bonds is 6. The smallest absolute Gasteiger partial charge is 0.265 e. The lowest BCUT2D eigenvalue weighted by Crippen LogP contribution is -2.24. The molecule has 1 fully saturated rings. The number of carbonyl (C=O) groups excluding carboxylic acids is 3. The Labute approximate surface area is 188 Å². The SMILES string of the molecule is O=C(NCc1ccc(N2CCCC2=O)cc1)c1ccc(Cl)c(NC(=O)c2cccs2)c1. The Kier molecular flexibility index (Phi) is 6.34. The van der Waals surface area contributed by atoms with Gasteiger partial charge in [-0.3, -0.25) is 14.4 Å². The lowest BCUT2D eigenvalue weighted by molar-refractivity contribution is -0.117. The first kappa shape index (κ1) is 21.1. The Hall–Kier alpha value is -3.16. The number of benzene rings is 2. The molecule has 3 amide bonds. The summed E-state index contributed by atoms with van der Waals surface area (Å²) in [6.07, 6.45) is 1.47. The molecule has 31 heavy (non-hydrogen) atoms. The van der Waals surface area contributed by atoms with E-state index in [4.69, 9.17) is 11.6 Å². The zero-order chi connectivity index (χ0) is 21.8. The highest BCUT2D eigenvalue weighted by molar-refractivity contribution is 7.12. The summed E-state index contributed by atoms with van der Waals surface area (Å²) in [6, 6.07) is 15.9. The number of anilines is 2. The number of carbonyl (C=O) groups is 3. The second-order valence-corrected chi connectivity index (χ2v) is 8.48.